The molecule has 0 aliphatic carbocycles. The zero-order valence-corrected chi connectivity index (χ0v) is 15.9. The number of hydrogen-bond donors (Lipinski definition) is 1. The van der Waals surface area contributed by atoms with Gasteiger partial charge in [0.1, 0.15) is 5.75 Å². The molecule has 0 spiro atoms. The maximum Gasteiger partial charge on any atom is 0.258 e. The molecule has 6 heteroatoms. The van der Waals surface area contributed by atoms with E-state index in [-0.39, 0.29) is 18.6 Å². The average Bonchev–Trinajstić information content (AvgIpc) is 3.19. The highest BCUT2D eigenvalue weighted by atomic mass is 79.9. The molecule has 2 aromatic carbocycles. The standard InChI is InChI=1S/C20H21BrN2O3/c21-16-5-7-17(8-6-16)22-12-15-3-9-18(10-4-15)26-14-20(24)23-13-19-2-1-11-25-19/h3-10,12,19H,1-2,11,13-14H2,(H,23,24)/t19-/m0/s1. The molecular formula is C20H21BrN2O3. The number of nitrogens with zero attached hydrogens (tertiary/aromatic N) is 1. The van der Waals surface area contributed by atoms with Gasteiger partial charge in [-0.3, -0.25) is 9.79 Å². The van der Waals surface area contributed by atoms with Crippen LogP contribution in [-0.2, 0) is 9.53 Å². The smallest absolute Gasteiger partial charge is 0.258 e. The monoisotopic (exact) mass is 416 g/mol. The number of hydrogen-bond acceptors (Lipinski definition) is 4. The van der Waals surface area contributed by atoms with E-state index in [0.29, 0.717) is 12.3 Å². The number of aliphatic imine (C=N–C) groups is 1. The van der Waals surface area contributed by atoms with E-state index in [1.165, 1.54) is 0 Å². The number of benzene rings is 2. The van der Waals surface area contributed by atoms with E-state index in [1.807, 2.05) is 48.5 Å². The van der Waals surface area contributed by atoms with Gasteiger partial charge in [0.25, 0.3) is 5.91 Å². The van der Waals surface area contributed by atoms with Crippen molar-refractivity contribution in [1.29, 1.82) is 0 Å². The predicted octanol–water partition coefficient (Wildman–Crippen LogP) is 3.87. The average molecular weight is 417 g/mol. The lowest BCUT2D eigenvalue weighted by Crippen LogP contribution is -2.35. The molecule has 3 rings (SSSR count). The molecule has 26 heavy (non-hydrogen) atoms. The van der Waals surface area contributed by atoms with Gasteiger partial charge in [-0.2, -0.15) is 0 Å². The van der Waals surface area contributed by atoms with Crippen LogP contribution in [-0.4, -0.2) is 38.0 Å². The number of amides is 1. The van der Waals surface area contributed by atoms with Crippen molar-refractivity contribution >= 4 is 33.7 Å². The summed E-state index contributed by atoms with van der Waals surface area (Å²) in [5, 5.41) is 2.84. The van der Waals surface area contributed by atoms with Crippen LogP contribution in [0.15, 0.2) is 58.0 Å². The van der Waals surface area contributed by atoms with Gasteiger partial charge in [-0.15, -0.1) is 0 Å². The maximum absolute atomic E-state index is 11.8. The molecule has 1 atom stereocenters. The van der Waals surface area contributed by atoms with Gasteiger partial charge in [0, 0.05) is 23.8 Å². The minimum atomic E-state index is -0.138. The first-order valence-electron chi connectivity index (χ1n) is 8.60. The van der Waals surface area contributed by atoms with E-state index >= 15 is 0 Å². The first-order valence-corrected chi connectivity index (χ1v) is 9.39. The quantitative estimate of drug-likeness (QED) is 0.696. The Labute approximate surface area is 161 Å². The third-order valence-corrected chi connectivity index (χ3v) is 4.52. The van der Waals surface area contributed by atoms with E-state index in [4.69, 9.17) is 9.47 Å². The van der Waals surface area contributed by atoms with Crippen LogP contribution >= 0.6 is 15.9 Å². The van der Waals surface area contributed by atoms with Crippen LogP contribution in [0.5, 0.6) is 5.75 Å². The summed E-state index contributed by atoms with van der Waals surface area (Å²) in [5.41, 5.74) is 1.85. The molecule has 1 aliphatic rings. The number of carbonyl (C=O) groups is 1. The van der Waals surface area contributed by atoms with Crippen molar-refractivity contribution in [1.82, 2.24) is 5.32 Å². The molecule has 1 amide bonds. The van der Waals surface area contributed by atoms with Crippen molar-refractivity contribution < 1.29 is 14.3 Å². The number of halogens is 1. The minimum absolute atomic E-state index is 0.000943. The van der Waals surface area contributed by atoms with Crippen LogP contribution < -0.4 is 10.1 Å². The zero-order valence-electron chi connectivity index (χ0n) is 14.4. The van der Waals surface area contributed by atoms with E-state index in [9.17, 15) is 4.79 Å². The Morgan fingerprint density at radius 3 is 2.69 bits per heavy atom. The van der Waals surface area contributed by atoms with Crippen LogP contribution in [0.3, 0.4) is 0 Å². The summed E-state index contributed by atoms with van der Waals surface area (Å²) in [6, 6.07) is 15.2. The summed E-state index contributed by atoms with van der Waals surface area (Å²) in [6.45, 7) is 1.33. The van der Waals surface area contributed by atoms with Crippen LogP contribution in [0.1, 0.15) is 18.4 Å². The molecule has 1 fully saturated rings. The summed E-state index contributed by atoms with van der Waals surface area (Å²) in [4.78, 5) is 16.2. The van der Waals surface area contributed by atoms with Crippen LogP contribution in [0.2, 0.25) is 0 Å². The zero-order chi connectivity index (χ0) is 18.2. The molecule has 0 unspecified atom stereocenters. The van der Waals surface area contributed by atoms with Crippen molar-refractivity contribution in [2.75, 3.05) is 19.8 Å². The fourth-order valence-electron chi connectivity index (χ4n) is 2.56. The lowest BCUT2D eigenvalue weighted by Gasteiger charge is -2.11. The molecule has 0 radical (unpaired) electrons. The summed E-state index contributed by atoms with van der Waals surface area (Å²) in [6.07, 6.45) is 4.00. The molecule has 1 saturated heterocycles. The lowest BCUT2D eigenvalue weighted by molar-refractivity contribution is -0.123. The van der Waals surface area contributed by atoms with Crippen molar-refractivity contribution in [3.8, 4) is 5.75 Å². The SMILES string of the molecule is O=C(COc1ccc(C=Nc2ccc(Br)cc2)cc1)NC[C@@H]1CCCO1. The minimum Gasteiger partial charge on any atom is -0.484 e. The summed E-state index contributed by atoms with van der Waals surface area (Å²) < 4.78 is 12.0. The predicted molar refractivity (Wildman–Crippen MR) is 105 cm³/mol. The van der Waals surface area contributed by atoms with Crippen LogP contribution in [0, 0.1) is 0 Å². The molecule has 0 aromatic heterocycles. The van der Waals surface area contributed by atoms with Crippen LogP contribution in [0.25, 0.3) is 0 Å². The van der Waals surface area contributed by atoms with Gasteiger partial charge in [-0.05, 0) is 66.9 Å². The molecule has 1 N–H and O–H groups in total. The molecule has 2 aromatic rings. The van der Waals surface area contributed by atoms with Gasteiger partial charge >= 0.3 is 0 Å². The van der Waals surface area contributed by atoms with Crippen LogP contribution in [0.4, 0.5) is 5.69 Å². The number of nitrogens with one attached hydrogen (secondary N) is 1. The molecule has 0 bridgehead atoms. The second-order valence-electron chi connectivity index (χ2n) is 6.03. The van der Waals surface area contributed by atoms with Crippen molar-refractivity contribution in [3.63, 3.8) is 0 Å². The first kappa shape index (κ1) is 18.6. The highest BCUT2D eigenvalue weighted by Gasteiger charge is 2.16. The van der Waals surface area contributed by atoms with Gasteiger partial charge in [0.05, 0.1) is 11.8 Å². The number of rotatable bonds is 7. The Balaban J connectivity index is 1.43. The fraction of sp³-hybridized carbons (Fsp3) is 0.300. The molecule has 1 heterocycles. The summed E-state index contributed by atoms with van der Waals surface area (Å²) in [7, 11) is 0. The molecule has 5 nitrogen and oxygen atoms in total. The Bertz CT molecular complexity index is 739. The first-order chi connectivity index (χ1) is 12.7. The maximum atomic E-state index is 11.8. The third-order valence-electron chi connectivity index (χ3n) is 3.99. The third kappa shape index (κ3) is 5.97. The Hall–Kier alpha value is -2.18. The van der Waals surface area contributed by atoms with Crippen molar-refractivity contribution in [2.24, 2.45) is 4.99 Å². The Morgan fingerprint density at radius 1 is 1.23 bits per heavy atom. The second-order valence-corrected chi connectivity index (χ2v) is 6.95. The molecular weight excluding hydrogens is 396 g/mol. The lowest BCUT2D eigenvalue weighted by atomic mass is 10.2. The topological polar surface area (TPSA) is 59.9 Å². The molecule has 1 aliphatic heterocycles. The molecule has 0 saturated carbocycles. The van der Waals surface area contributed by atoms with Gasteiger partial charge in [0.15, 0.2) is 6.61 Å². The van der Waals surface area contributed by atoms with E-state index in [2.05, 4.69) is 26.2 Å². The highest BCUT2D eigenvalue weighted by Crippen LogP contribution is 2.17. The number of ether oxygens (including phenoxy) is 2. The second kappa shape index (κ2) is 9.50. The number of carbonyl (C=O) groups excluding carboxylic acids is 1. The fourth-order valence-corrected chi connectivity index (χ4v) is 2.82. The van der Waals surface area contributed by atoms with E-state index in [0.717, 1.165) is 35.2 Å². The Kier molecular flexibility index (Phi) is 6.80. The summed E-state index contributed by atoms with van der Waals surface area (Å²) >= 11 is 3.40. The van der Waals surface area contributed by atoms with Crippen molar-refractivity contribution in [3.05, 3.63) is 58.6 Å². The van der Waals surface area contributed by atoms with Gasteiger partial charge < -0.3 is 14.8 Å². The van der Waals surface area contributed by atoms with E-state index < -0.39 is 0 Å². The normalized spacial score (nSPS) is 16.7. The largest absolute Gasteiger partial charge is 0.484 e. The van der Waals surface area contributed by atoms with Gasteiger partial charge in [-0.25, -0.2) is 0 Å². The van der Waals surface area contributed by atoms with Crippen molar-refractivity contribution in [2.45, 2.75) is 18.9 Å². The summed E-state index contributed by atoms with van der Waals surface area (Å²) in [5.74, 6) is 0.513. The van der Waals surface area contributed by atoms with Gasteiger partial charge in [-0.1, -0.05) is 15.9 Å². The highest BCUT2D eigenvalue weighted by molar-refractivity contribution is 9.10. The van der Waals surface area contributed by atoms with E-state index in [1.54, 1.807) is 6.21 Å². The van der Waals surface area contributed by atoms with Gasteiger partial charge in [0.2, 0.25) is 0 Å². The molecule has 136 valence electrons. The Morgan fingerprint density at radius 2 is 2.00 bits per heavy atom.